The SMILES string of the molecule is CCN(CC)C(=O)CN(C)CC(=O)N(C)CC(F)(F)F. The first-order chi connectivity index (χ1) is 9.10. The highest BCUT2D eigenvalue weighted by Gasteiger charge is 2.31. The van der Waals surface area contributed by atoms with Crippen molar-refractivity contribution < 1.29 is 22.8 Å². The van der Waals surface area contributed by atoms with E-state index in [2.05, 4.69) is 0 Å². The highest BCUT2D eigenvalue weighted by Crippen LogP contribution is 2.15. The van der Waals surface area contributed by atoms with Gasteiger partial charge in [0.25, 0.3) is 0 Å². The molecule has 0 aliphatic heterocycles. The molecule has 8 heteroatoms. The van der Waals surface area contributed by atoms with Crippen molar-refractivity contribution in [3.8, 4) is 0 Å². The van der Waals surface area contributed by atoms with Crippen LogP contribution in [0.4, 0.5) is 13.2 Å². The Labute approximate surface area is 117 Å². The van der Waals surface area contributed by atoms with Crippen molar-refractivity contribution in [3.63, 3.8) is 0 Å². The van der Waals surface area contributed by atoms with Gasteiger partial charge in [0, 0.05) is 20.1 Å². The third kappa shape index (κ3) is 7.32. The molecule has 0 aliphatic rings. The molecule has 2 amide bonds. The van der Waals surface area contributed by atoms with E-state index in [0.717, 1.165) is 7.05 Å². The molecule has 0 unspecified atom stereocenters. The van der Waals surface area contributed by atoms with Gasteiger partial charge >= 0.3 is 6.18 Å². The molecule has 0 fully saturated rings. The van der Waals surface area contributed by atoms with Crippen LogP contribution in [0.1, 0.15) is 13.8 Å². The van der Waals surface area contributed by atoms with E-state index in [4.69, 9.17) is 0 Å². The van der Waals surface area contributed by atoms with Crippen molar-refractivity contribution >= 4 is 11.8 Å². The van der Waals surface area contributed by atoms with Gasteiger partial charge in [0.1, 0.15) is 6.54 Å². The third-order valence-electron chi connectivity index (χ3n) is 2.77. The van der Waals surface area contributed by atoms with Gasteiger partial charge < -0.3 is 9.80 Å². The predicted octanol–water partition coefficient (Wildman–Crippen LogP) is 0.807. The summed E-state index contributed by atoms with van der Waals surface area (Å²) in [6.07, 6.45) is -4.42. The minimum atomic E-state index is -4.42. The highest BCUT2D eigenvalue weighted by atomic mass is 19.4. The van der Waals surface area contributed by atoms with Crippen molar-refractivity contribution in [1.82, 2.24) is 14.7 Å². The van der Waals surface area contributed by atoms with Gasteiger partial charge in [0.05, 0.1) is 13.1 Å². The van der Waals surface area contributed by atoms with Gasteiger partial charge in [-0.3, -0.25) is 14.5 Å². The van der Waals surface area contributed by atoms with Crippen LogP contribution in [0.25, 0.3) is 0 Å². The van der Waals surface area contributed by atoms with Crippen molar-refractivity contribution in [2.24, 2.45) is 0 Å². The van der Waals surface area contributed by atoms with E-state index in [1.54, 1.807) is 4.90 Å². The Balaban J connectivity index is 4.29. The zero-order chi connectivity index (χ0) is 15.9. The number of halogens is 3. The number of amides is 2. The lowest BCUT2D eigenvalue weighted by molar-refractivity contribution is -0.159. The van der Waals surface area contributed by atoms with Gasteiger partial charge in [-0.1, -0.05) is 0 Å². The van der Waals surface area contributed by atoms with E-state index in [-0.39, 0.29) is 19.0 Å². The molecular weight excluding hydrogens is 275 g/mol. The van der Waals surface area contributed by atoms with E-state index < -0.39 is 18.6 Å². The smallest absolute Gasteiger partial charge is 0.342 e. The monoisotopic (exact) mass is 297 g/mol. The summed E-state index contributed by atoms with van der Waals surface area (Å²) in [4.78, 5) is 27.0. The molecule has 0 saturated carbocycles. The molecular formula is C12H22F3N3O2. The number of likely N-dealkylation sites (N-methyl/N-ethyl adjacent to an activating group) is 3. The van der Waals surface area contributed by atoms with E-state index in [0.29, 0.717) is 18.0 Å². The van der Waals surface area contributed by atoms with Crippen LogP contribution in [0.5, 0.6) is 0 Å². The molecule has 0 aromatic rings. The molecule has 5 nitrogen and oxygen atoms in total. The number of hydrogen-bond donors (Lipinski definition) is 0. The minimum Gasteiger partial charge on any atom is -0.342 e. The Kier molecular flexibility index (Phi) is 7.55. The van der Waals surface area contributed by atoms with Gasteiger partial charge in [-0.15, -0.1) is 0 Å². The number of nitrogens with zero attached hydrogens (tertiary/aromatic N) is 3. The molecule has 0 aliphatic carbocycles. The maximum absolute atomic E-state index is 12.1. The normalized spacial score (nSPS) is 11.6. The van der Waals surface area contributed by atoms with Crippen LogP contribution in [-0.2, 0) is 9.59 Å². The van der Waals surface area contributed by atoms with E-state index in [1.165, 1.54) is 11.9 Å². The second-order valence-corrected chi connectivity index (χ2v) is 4.60. The molecule has 118 valence electrons. The first-order valence-electron chi connectivity index (χ1n) is 6.37. The van der Waals surface area contributed by atoms with E-state index in [9.17, 15) is 22.8 Å². The van der Waals surface area contributed by atoms with E-state index >= 15 is 0 Å². The van der Waals surface area contributed by atoms with Crippen LogP contribution in [0, 0.1) is 0 Å². The Morgan fingerprint density at radius 3 is 1.80 bits per heavy atom. The van der Waals surface area contributed by atoms with Crippen LogP contribution in [-0.4, -0.2) is 79.5 Å². The second-order valence-electron chi connectivity index (χ2n) is 4.60. The van der Waals surface area contributed by atoms with Crippen LogP contribution < -0.4 is 0 Å². The Hall–Kier alpha value is -1.31. The number of rotatable bonds is 7. The van der Waals surface area contributed by atoms with Gasteiger partial charge in [-0.05, 0) is 20.9 Å². The van der Waals surface area contributed by atoms with E-state index in [1.807, 2.05) is 13.8 Å². The molecule has 0 aromatic heterocycles. The molecule has 0 bridgehead atoms. The van der Waals surface area contributed by atoms with Gasteiger partial charge in [0.15, 0.2) is 0 Å². The summed E-state index contributed by atoms with van der Waals surface area (Å²) in [6, 6.07) is 0. The average Bonchev–Trinajstić information content (AvgIpc) is 2.27. The zero-order valence-corrected chi connectivity index (χ0v) is 12.3. The maximum atomic E-state index is 12.1. The summed E-state index contributed by atoms with van der Waals surface area (Å²) < 4.78 is 36.4. The molecule has 0 saturated heterocycles. The second kappa shape index (κ2) is 8.08. The summed E-state index contributed by atoms with van der Waals surface area (Å²) in [5, 5.41) is 0. The standard InChI is InChI=1S/C12H22F3N3O2/c1-5-18(6-2)11(20)8-16(3)7-10(19)17(4)9-12(13,14)15/h5-9H2,1-4H3. The summed E-state index contributed by atoms with van der Waals surface area (Å²) in [5.74, 6) is -0.819. The summed E-state index contributed by atoms with van der Waals surface area (Å²) in [5.41, 5.74) is 0. The molecule has 0 aromatic carbocycles. The molecule has 20 heavy (non-hydrogen) atoms. The van der Waals surface area contributed by atoms with Crippen LogP contribution >= 0.6 is 0 Å². The van der Waals surface area contributed by atoms with Crippen molar-refractivity contribution in [2.45, 2.75) is 20.0 Å². The number of carbonyl (C=O) groups excluding carboxylic acids is 2. The highest BCUT2D eigenvalue weighted by molar-refractivity contribution is 5.81. The lowest BCUT2D eigenvalue weighted by atomic mass is 10.4. The third-order valence-corrected chi connectivity index (χ3v) is 2.77. The first kappa shape index (κ1) is 18.7. The predicted molar refractivity (Wildman–Crippen MR) is 69.1 cm³/mol. The van der Waals surface area contributed by atoms with Crippen LogP contribution in [0.3, 0.4) is 0 Å². The molecule has 0 radical (unpaired) electrons. The number of carbonyl (C=O) groups is 2. The van der Waals surface area contributed by atoms with Gasteiger partial charge in [-0.2, -0.15) is 13.2 Å². The first-order valence-corrected chi connectivity index (χ1v) is 6.37. The molecule has 0 atom stereocenters. The fraction of sp³-hybridized carbons (Fsp3) is 0.833. The number of hydrogen-bond acceptors (Lipinski definition) is 3. The largest absolute Gasteiger partial charge is 0.406 e. The molecule has 0 rings (SSSR count). The Bertz CT molecular complexity index is 330. The van der Waals surface area contributed by atoms with Crippen molar-refractivity contribution in [2.75, 3.05) is 46.8 Å². The van der Waals surface area contributed by atoms with Gasteiger partial charge in [-0.25, -0.2) is 0 Å². The summed E-state index contributed by atoms with van der Waals surface area (Å²) >= 11 is 0. The van der Waals surface area contributed by atoms with Crippen molar-refractivity contribution in [3.05, 3.63) is 0 Å². The quantitative estimate of drug-likeness (QED) is 0.698. The Morgan fingerprint density at radius 2 is 1.40 bits per heavy atom. The summed E-state index contributed by atoms with van der Waals surface area (Å²) in [7, 11) is 2.62. The lowest BCUT2D eigenvalue weighted by Gasteiger charge is -2.25. The Morgan fingerprint density at radius 1 is 0.950 bits per heavy atom. The molecule has 0 heterocycles. The maximum Gasteiger partial charge on any atom is 0.406 e. The van der Waals surface area contributed by atoms with Crippen molar-refractivity contribution in [1.29, 1.82) is 0 Å². The lowest BCUT2D eigenvalue weighted by Crippen LogP contribution is -2.44. The fourth-order valence-electron chi connectivity index (χ4n) is 1.67. The summed E-state index contributed by atoms with van der Waals surface area (Å²) in [6.45, 7) is 3.29. The average molecular weight is 297 g/mol. The number of alkyl halides is 3. The fourth-order valence-corrected chi connectivity index (χ4v) is 1.67. The van der Waals surface area contributed by atoms with Crippen LogP contribution in [0.2, 0.25) is 0 Å². The van der Waals surface area contributed by atoms with Crippen LogP contribution in [0.15, 0.2) is 0 Å². The zero-order valence-electron chi connectivity index (χ0n) is 12.3. The van der Waals surface area contributed by atoms with Gasteiger partial charge in [0.2, 0.25) is 11.8 Å². The molecule has 0 spiro atoms. The minimum absolute atomic E-state index is 0.00722. The molecule has 0 N–H and O–H groups in total. The topological polar surface area (TPSA) is 43.9 Å².